The number of nitrogens with one attached hydrogen (secondary N) is 2. The molecule has 0 fully saturated rings. The Balaban J connectivity index is 4.23. The lowest BCUT2D eigenvalue weighted by Crippen LogP contribution is -2.47. The SMILES string of the molecule is CCSCCC(=O)NC(CCC(=O)O)C(=O)NCCOCCC(=O)C(C)C. The fraction of sp³-hybridized carbons (Fsp3) is 0.778. The summed E-state index contributed by atoms with van der Waals surface area (Å²) in [5.41, 5.74) is 0. The second kappa shape index (κ2) is 15.4. The van der Waals surface area contributed by atoms with Crippen molar-refractivity contribution in [3.05, 3.63) is 0 Å². The molecule has 0 aromatic heterocycles. The first-order chi connectivity index (χ1) is 12.8. The van der Waals surface area contributed by atoms with E-state index in [0.29, 0.717) is 18.8 Å². The maximum atomic E-state index is 12.2. The molecular formula is C18H32N2O6S. The van der Waals surface area contributed by atoms with Gasteiger partial charge in [-0.25, -0.2) is 0 Å². The fourth-order valence-electron chi connectivity index (χ4n) is 2.05. The summed E-state index contributed by atoms with van der Waals surface area (Å²) >= 11 is 1.62. The number of carboxylic acids is 1. The van der Waals surface area contributed by atoms with Crippen LogP contribution in [0.3, 0.4) is 0 Å². The number of thioether (sulfide) groups is 1. The van der Waals surface area contributed by atoms with E-state index >= 15 is 0 Å². The van der Waals surface area contributed by atoms with Gasteiger partial charge in [0.2, 0.25) is 11.8 Å². The van der Waals surface area contributed by atoms with Crippen LogP contribution in [0.4, 0.5) is 0 Å². The molecule has 0 aromatic rings. The number of ether oxygens (including phenoxy) is 1. The monoisotopic (exact) mass is 404 g/mol. The van der Waals surface area contributed by atoms with E-state index in [1.807, 2.05) is 20.8 Å². The number of hydrogen-bond acceptors (Lipinski definition) is 6. The first kappa shape index (κ1) is 25.4. The summed E-state index contributed by atoms with van der Waals surface area (Å²) < 4.78 is 5.31. The minimum Gasteiger partial charge on any atom is -0.481 e. The van der Waals surface area contributed by atoms with Crippen molar-refractivity contribution in [2.75, 3.05) is 31.3 Å². The lowest BCUT2D eigenvalue weighted by molar-refractivity contribution is -0.138. The van der Waals surface area contributed by atoms with Crippen LogP contribution in [0.25, 0.3) is 0 Å². The summed E-state index contributed by atoms with van der Waals surface area (Å²) in [6.07, 6.45) is 0.425. The van der Waals surface area contributed by atoms with Gasteiger partial charge in [0.05, 0.1) is 13.2 Å². The summed E-state index contributed by atoms with van der Waals surface area (Å²) in [6, 6.07) is -0.886. The van der Waals surface area contributed by atoms with Gasteiger partial charge in [-0.05, 0) is 12.2 Å². The molecule has 0 rings (SSSR count). The minimum atomic E-state index is -1.03. The highest BCUT2D eigenvalue weighted by molar-refractivity contribution is 7.99. The molecule has 0 radical (unpaired) electrons. The fourth-order valence-corrected chi connectivity index (χ4v) is 2.66. The van der Waals surface area contributed by atoms with Crippen molar-refractivity contribution >= 4 is 35.3 Å². The van der Waals surface area contributed by atoms with Gasteiger partial charge in [0, 0.05) is 37.5 Å². The first-order valence-corrected chi connectivity index (χ1v) is 10.4. The molecule has 9 heteroatoms. The van der Waals surface area contributed by atoms with Crippen LogP contribution in [-0.4, -0.2) is 66.0 Å². The van der Waals surface area contributed by atoms with Gasteiger partial charge in [0.15, 0.2) is 0 Å². The van der Waals surface area contributed by atoms with E-state index in [9.17, 15) is 19.2 Å². The Morgan fingerprint density at radius 1 is 1.07 bits per heavy atom. The third-order valence-electron chi connectivity index (χ3n) is 3.66. The first-order valence-electron chi connectivity index (χ1n) is 9.25. The van der Waals surface area contributed by atoms with Crippen LogP contribution in [0.1, 0.15) is 46.5 Å². The van der Waals surface area contributed by atoms with Gasteiger partial charge in [0.25, 0.3) is 0 Å². The summed E-state index contributed by atoms with van der Waals surface area (Å²) in [4.78, 5) is 46.3. The van der Waals surface area contributed by atoms with Gasteiger partial charge in [0.1, 0.15) is 11.8 Å². The van der Waals surface area contributed by atoms with Crippen molar-refractivity contribution in [2.24, 2.45) is 5.92 Å². The highest BCUT2D eigenvalue weighted by atomic mass is 32.2. The van der Waals surface area contributed by atoms with Crippen LogP contribution in [-0.2, 0) is 23.9 Å². The van der Waals surface area contributed by atoms with Crippen LogP contribution in [0.5, 0.6) is 0 Å². The minimum absolute atomic E-state index is 0.0253. The van der Waals surface area contributed by atoms with Crippen LogP contribution in [0.2, 0.25) is 0 Å². The molecule has 0 bridgehead atoms. The van der Waals surface area contributed by atoms with Crippen molar-refractivity contribution < 1.29 is 29.0 Å². The number of Topliss-reactive ketones (excluding diaryl/α,β-unsaturated/α-hetero) is 1. The van der Waals surface area contributed by atoms with E-state index in [2.05, 4.69) is 10.6 Å². The maximum Gasteiger partial charge on any atom is 0.303 e. The van der Waals surface area contributed by atoms with Gasteiger partial charge in [-0.2, -0.15) is 11.8 Å². The molecular weight excluding hydrogens is 372 g/mol. The molecule has 8 nitrogen and oxygen atoms in total. The summed E-state index contributed by atoms with van der Waals surface area (Å²) in [6.45, 7) is 6.40. The molecule has 0 aliphatic carbocycles. The predicted molar refractivity (Wildman–Crippen MR) is 105 cm³/mol. The Morgan fingerprint density at radius 3 is 2.37 bits per heavy atom. The molecule has 27 heavy (non-hydrogen) atoms. The zero-order chi connectivity index (χ0) is 20.7. The standard InChI is InChI=1S/C18H32N2O6S/c1-4-27-12-8-16(22)20-14(5-6-17(23)24)18(25)19-9-11-26-10-7-15(21)13(2)3/h13-14H,4-12H2,1-3H3,(H,19,25)(H,20,22)(H,23,24). The van der Waals surface area contributed by atoms with E-state index in [-0.39, 0.29) is 50.0 Å². The summed E-state index contributed by atoms with van der Waals surface area (Å²) in [7, 11) is 0. The molecule has 0 saturated heterocycles. The number of carboxylic acid groups (broad SMARTS) is 1. The molecule has 0 saturated carbocycles. The predicted octanol–water partition coefficient (Wildman–Crippen LogP) is 1.23. The van der Waals surface area contributed by atoms with Crippen LogP contribution >= 0.6 is 11.8 Å². The molecule has 2 amide bonds. The van der Waals surface area contributed by atoms with E-state index < -0.39 is 17.9 Å². The van der Waals surface area contributed by atoms with Crippen LogP contribution in [0, 0.1) is 5.92 Å². The van der Waals surface area contributed by atoms with E-state index in [0.717, 1.165) is 5.75 Å². The highest BCUT2D eigenvalue weighted by Crippen LogP contribution is 2.03. The lowest BCUT2D eigenvalue weighted by atomic mass is 10.1. The molecule has 156 valence electrons. The zero-order valence-corrected chi connectivity index (χ0v) is 17.2. The topological polar surface area (TPSA) is 122 Å². The lowest BCUT2D eigenvalue weighted by Gasteiger charge is -2.18. The van der Waals surface area contributed by atoms with E-state index in [1.54, 1.807) is 11.8 Å². The summed E-state index contributed by atoms with van der Waals surface area (Å²) in [5.74, 6) is -0.0852. The van der Waals surface area contributed by atoms with E-state index in [4.69, 9.17) is 9.84 Å². The van der Waals surface area contributed by atoms with Crippen LogP contribution < -0.4 is 10.6 Å². The Kier molecular flexibility index (Phi) is 14.5. The second-order valence-corrected chi connectivity index (χ2v) is 7.67. The number of carbonyl (C=O) groups is 4. The molecule has 0 aromatic carbocycles. The average molecular weight is 405 g/mol. The van der Waals surface area contributed by atoms with Crippen molar-refractivity contribution in [1.29, 1.82) is 0 Å². The number of ketones is 1. The highest BCUT2D eigenvalue weighted by Gasteiger charge is 2.21. The quantitative estimate of drug-likeness (QED) is 0.331. The van der Waals surface area contributed by atoms with Gasteiger partial charge in [-0.1, -0.05) is 20.8 Å². The van der Waals surface area contributed by atoms with Gasteiger partial charge in [-0.3, -0.25) is 19.2 Å². The Morgan fingerprint density at radius 2 is 1.78 bits per heavy atom. The summed E-state index contributed by atoms with van der Waals surface area (Å²) in [5, 5.41) is 14.0. The molecule has 0 aliphatic heterocycles. The second-order valence-electron chi connectivity index (χ2n) is 6.27. The van der Waals surface area contributed by atoms with Crippen molar-refractivity contribution in [2.45, 2.75) is 52.5 Å². The molecule has 1 unspecified atom stereocenters. The largest absolute Gasteiger partial charge is 0.481 e. The molecule has 3 N–H and O–H groups in total. The van der Waals surface area contributed by atoms with Gasteiger partial charge >= 0.3 is 5.97 Å². The normalized spacial score (nSPS) is 11.9. The number of amides is 2. The smallest absolute Gasteiger partial charge is 0.303 e. The number of rotatable bonds is 16. The van der Waals surface area contributed by atoms with E-state index in [1.165, 1.54) is 0 Å². The Hall–Kier alpha value is -1.61. The number of hydrogen-bond donors (Lipinski definition) is 3. The molecule has 0 spiro atoms. The molecule has 1 atom stereocenters. The third-order valence-corrected chi connectivity index (χ3v) is 4.56. The Labute approximate surface area is 165 Å². The van der Waals surface area contributed by atoms with Crippen molar-refractivity contribution in [3.8, 4) is 0 Å². The van der Waals surface area contributed by atoms with Gasteiger partial charge < -0.3 is 20.5 Å². The van der Waals surface area contributed by atoms with Crippen molar-refractivity contribution in [1.82, 2.24) is 10.6 Å². The van der Waals surface area contributed by atoms with Gasteiger partial charge in [-0.15, -0.1) is 0 Å². The number of carbonyl (C=O) groups excluding carboxylic acids is 3. The number of aliphatic carboxylic acids is 1. The zero-order valence-electron chi connectivity index (χ0n) is 16.4. The Bertz CT molecular complexity index is 484. The van der Waals surface area contributed by atoms with Crippen LogP contribution in [0.15, 0.2) is 0 Å². The molecule has 0 aliphatic rings. The average Bonchev–Trinajstić information content (AvgIpc) is 2.60. The molecule has 0 heterocycles. The van der Waals surface area contributed by atoms with Crippen molar-refractivity contribution in [3.63, 3.8) is 0 Å². The third kappa shape index (κ3) is 14.2. The maximum absolute atomic E-state index is 12.2.